The van der Waals surface area contributed by atoms with Gasteiger partial charge in [0.15, 0.2) is 0 Å². The van der Waals surface area contributed by atoms with Crippen molar-refractivity contribution in [3.05, 3.63) is 29.8 Å². The number of carbonyl (C=O) groups is 3. The molecule has 1 aromatic rings. The summed E-state index contributed by atoms with van der Waals surface area (Å²) in [6, 6.07) is 6.91. The number of esters is 1. The Morgan fingerprint density at radius 3 is 2.61 bits per heavy atom. The van der Waals surface area contributed by atoms with E-state index in [1.54, 1.807) is 19.9 Å². The van der Waals surface area contributed by atoms with Crippen LogP contribution >= 0.6 is 0 Å². The molecule has 2 aliphatic heterocycles. The summed E-state index contributed by atoms with van der Waals surface area (Å²) in [6.45, 7) is 8.62. The molecule has 0 saturated carbocycles. The first-order valence-corrected chi connectivity index (χ1v) is 10.7. The molecule has 3 rings (SSSR count). The van der Waals surface area contributed by atoms with Gasteiger partial charge in [-0.25, -0.2) is 9.69 Å². The van der Waals surface area contributed by atoms with Gasteiger partial charge in [0.25, 0.3) is 0 Å². The highest BCUT2D eigenvalue weighted by Crippen LogP contribution is 2.41. The van der Waals surface area contributed by atoms with E-state index in [-0.39, 0.29) is 17.8 Å². The minimum Gasteiger partial charge on any atom is -0.469 e. The molecule has 2 atom stereocenters. The van der Waals surface area contributed by atoms with E-state index in [9.17, 15) is 19.5 Å². The summed E-state index contributed by atoms with van der Waals surface area (Å²) < 4.78 is 4.85. The van der Waals surface area contributed by atoms with E-state index in [0.717, 1.165) is 12.0 Å². The molecule has 0 bridgehead atoms. The molecule has 1 aromatic carbocycles. The van der Waals surface area contributed by atoms with Gasteiger partial charge in [-0.05, 0) is 58.1 Å². The van der Waals surface area contributed by atoms with Gasteiger partial charge in [0.05, 0.1) is 23.6 Å². The number of nitrogens with zero attached hydrogens (tertiary/aromatic N) is 2. The predicted octanol–water partition coefficient (Wildman–Crippen LogP) is 2.25. The number of methoxy groups -OCH3 is 1. The third-order valence-corrected chi connectivity index (χ3v) is 6.43. The number of imide groups is 1. The fourth-order valence-corrected chi connectivity index (χ4v) is 4.49. The van der Waals surface area contributed by atoms with E-state index in [1.165, 1.54) is 12.0 Å². The molecule has 8 nitrogen and oxygen atoms in total. The van der Waals surface area contributed by atoms with Gasteiger partial charge >= 0.3 is 12.0 Å². The molecule has 170 valence electrons. The van der Waals surface area contributed by atoms with Crippen molar-refractivity contribution in [2.24, 2.45) is 11.3 Å². The number of hydrogen-bond donors (Lipinski definition) is 2. The van der Waals surface area contributed by atoms with E-state index in [4.69, 9.17) is 4.74 Å². The number of rotatable bonds is 5. The molecule has 2 unspecified atom stereocenters. The van der Waals surface area contributed by atoms with Crippen LogP contribution in [0.5, 0.6) is 0 Å². The molecule has 3 amide bonds. The van der Waals surface area contributed by atoms with E-state index < -0.39 is 23.1 Å². The van der Waals surface area contributed by atoms with Crippen molar-refractivity contribution in [1.29, 1.82) is 0 Å². The zero-order chi connectivity index (χ0) is 23.0. The van der Waals surface area contributed by atoms with E-state index in [0.29, 0.717) is 31.7 Å². The molecular formula is C23H33N3O5. The number of benzene rings is 1. The zero-order valence-electron chi connectivity index (χ0n) is 19.0. The molecule has 1 fully saturated rings. The first kappa shape index (κ1) is 23.2. The number of para-hydroxylation sites is 1. The Hall–Kier alpha value is -2.45. The van der Waals surface area contributed by atoms with Crippen molar-refractivity contribution in [1.82, 2.24) is 10.2 Å². The van der Waals surface area contributed by atoms with E-state index >= 15 is 0 Å². The minimum atomic E-state index is -0.748. The topological polar surface area (TPSA) is 99.2 Å². The zero-order valence-corrected chi connectivity index (χ0v) is 19.0. The second-order valence-corrected chi connectivity index (χ2v) is 9.69. The van der Waals surface area contributed by atoms with Crippen molar-refractivity contribution >= 4 is 23.6 Å². The number of amides is 3. The Balaban J connectivity index is 1.57. The quantitative estimate of drug-likeness (QED) is 0.694. The molecule has 0 radical (unpaired) electrons. The number of urea groups is 1. The van der Waals surface area contributed by atoms with E-state index in [2.05, 4.69) is 5.32 Å². The number of aliphatic hydroxyl groups is 1. The van der Waals surface area contributed by atoms with Crippen LogP contribution in [0.3, 0.4) is 0 Å². The number of anilines is 1. The number of hydrogen-bond acceptors (Lipinski definition) is 6. The molecule has 0 aromatic heterocycles. The third kappa shape index (κ3) is 4.45. The van der Waals surface area contributed by atoms with Crippen LogP contribution in [0.15, 0.2) is 24.3 Å². The highest BCUT2D eigenvalue weighted by Gasteiger charge is 2.46. The number of fused-ring (bicyclic) bond motifs is 1. The van der Waals surface area contributed by atoms with E-state index in [1.807, 2.05) is 36.9 Å². The predicted molar refractivity (Wildman–Crippen MR) is 116 cm³/mol. The molecule has 0 aliphatic carbocycles. The highest BCUT2D eigenvalue weighted by molar-refractivity contribution is 6.22. The summed E-state index contributed by atoms with van der Waals surface area (Å²) in [7, 11) is 1.36. The number of nitrogens with one attached hydrogen (secondary N) is 1. The van der Waals surface area contributed by atoms with Crippen LogP contribution < -0.4 is 10.2 Å². The van der Waals surface area contributed by atoms with Crippen molar-refractivity contribution < 1.29 is 24.2 Å². The normalized spacial score (nSPS) is 23.4. The maximum absolute atomic E-state index is 12.9. The van der Waals surface area contributed by atoms with Crippen molar-refractivity contribution in [2.45, 2.75) is 52.2 Å². The first-order chi connectivity index (χ1) is 14.5. The molecular weight excluding hydrogens is 398 g/mol. The van der Waals surface area contributed by atoms with Crippen LogP contribution in [0, 0.1) is 11.3 Å². The average Bonchev–Trinajstić information content (AvgIpc) is 2.93. The molecule has 2 heterocycles. The van der Waals surface area contributed by atoms with Crippen molar-refractivity contribution in [3.63, 3.8) is 0 Å². The van der Waals surface area contributed by atoms with Crippen LogP contribution in [0.1, 0.15) is 46.1 Å². The summed E-state index contributed by atoms with van der Waals surface area (Å²) in [6.07, 6.45) is 0.547. The maximum atomic E-state index is 12.9. The summed E-state index contributed by atoms with van der Waals surface area (Å²) in [5, 5.41) is 13.4. The summed E-state index contributed by atoms with van der Waals surface area (Å²) in [5.41, 5.74) is -0.00311. The van der Waals surface area contributed by atoms with Crippen molar-refractivity contribution in [2.75, 3.05) is 31.6 Å². The van der Waals surface area contributed by atoms with Crippen molar-refractivity contribution in [3.8, 4) is 0 Å². The number of piperidine rings is 1. The number of likely N-dealkylation sites (tertiary alicyclic amines) is 1. The molecule has 8 heteroatoms. The van der Waals surface area contributed by atoms with Crippen LogP contribution in [0.2, 0.25) is 0 Å². The van der Waals surface area contributed by atoms with Gasteiger partial charge in [0.2, 0.25) is 5.91 Å². The number of carbonyl (C=O) groups excluding carboxylic acids is 3. The van der Waals surface area contributed by atoms with Gasteiger partial charge in [-0.3, -0.25) is 14.5 Å². The largest absolute Gasteiger partial charge is 0.469 e. The molecule has 1 saturated heterocycles. The summed E-state index contributed by atoms with van der Waals surface area (Å²) in [4.78, 5) is 40.8. The van der Waals surface area contributed by atoms with Crippen LogP contribution in [-0.2, 0) is 19.7 Å². The highest BCUT2D eigenvalue weighted by atomic mass is 16.5. The Bertz CT molecular complexity index is 867. The van der Waals surface area contributed by atoms with Gasteiger partial charge in [-0.2, -0.15) is 0 Å². The second kappa shape index (κ2) is 8.59. The Labute approximate surface area is 183 Å². The Morgan fingerprint density at radius 1 is 1.29 bits per heavy atom. The lowest BCUT2D eigenvalue weighted by molar-refractivity contribution is -0.154. The monoisotopic (exact) mass is 431 g/mol. The molecule has 31 heavy (non-hydrogen) atoms. The fraction of sp³-hybridized carbons (Fsp3) is 0.609. The average molecular weight is 432 g/mol. The van der Waals surface area contributed by atoms with Gasteiger partial charge in [0, 0.05) is 19.6 Å². The molecule has 2 N–H and O–H groups in total. The number of aliphatic hydroxyl groups excluding tert-OH is 1. The lowest BCUT2D eigenvalue weighted by Crippen LogP contribution is -2.51. The van der Waals surface area contributed by atoms with Crippen LogP contribution in [0.25, 0.3) is 0 Å². The standard InChI is InChI=1S/C23H33N3O5/c1-22(2,20(29)31-5)14-25-11-10-15(12-18(25)27)13-24-21(30)26-17-9-7-6-8-16(17)23(3,4)19(26)28/h6-9,15,18,27H,10-14H2,1-5H3,(H,24,30). The first-order valence-electron chi connectivity index (χ1n) is 10.7. The summed E-state index contributed by atoms with van der Waals surface area (Å²) >= 11 is 0. The molecule has 2 aliphatic rings. The second-order valence-electron chi connectivity index (χ2n) is 9.69. The van der Waals surface area contributed by atoms with Gasteiger partial charge < -0.3 is 15.2 Å². The smallest absolute Gasteiger partial charge is 0.328 e. The van der Waals surface area contributed by atoms with Crippen LogP contribution in [-0.4, -0.2) is 60.9 Å². The summed E-state index contributed by atoms with van der Waals surface area (Å²) in [5.74, 6) is -0.476. The minimum absolute atomic E-state index is 0.0809. The SMILES string of the molecule is COC(=O)C(C)(C)CN1CCC(CNC(=O)N2C(=O)C(C)(C)c3ccccc32)CC1O. The maximum Gasteiger partial charge on any atom is 0.328 e. The Kier molecular flexibility index (Phi) is 6.43. The third-order valence-electron chi connectivity index (χ3n) is 6.43. The Morgan fingerprint density at radius 2 is 1.97 bits per heavy atom. The lowest BCUT2D eigenvalue weighted by atomic mass is 9.86. The van der Waals surface area contributed by atoms with Gasteiger partial charge in [0.1, 0.15) is 6.23 Å². The fourth-order valence-electron chi connectivity index (χ4n) is 4.49. The van der Waals surface area contributed by atoms with Gasteiger partial charge in [-0.1, -0.05) is 18.2 Å². The number of ether oxygens (including phenoxy) is 1. The van der Waals surface area contributed by atoms with Crippen LogP contribution in [0.4, 0.5) is 10.5 Å². The molecule has 0 spiro atoms. The lowest BCUT2D eigenvalue weighted by Gasteiger charge is -2.39. The van der Waals surface area contributed by atoms with Gasteiger partial charge in [-0.15, -0.1) is 0 Å².